The summed E-state index contributed by atoms with van der Waals surface area (Å²) in [6.07, 6.45) is 4.21. The second-order valence-electron chi connectivity index (χ2n) is 6.78. The summed E-state index contributed by atoms with van der Waals surface area (Å²) in [7, 11) is -2.26. The largest absolute Gasteiger partial charge is 0.468 e. The number of halogens is 2. The Morgan fingerprint density at radius 3 is 2.71 bits per heavy atom. The standard InChI is InChI=1S/C19H19F2N3O3S/c1-23-19-6-2-5-15(19)18(22-23)12-24(11-13-4-3-9-27-13)28(25,26)14-7-8-16(20)17(21)10-14/h3-4,7-10H,2,5-6,11-12H2,1H3. The van der Waals surface area contributed by atoms with E-state index in [1.807, 2.05) is 7.05 Å². The van der Waals surface area contributed by atoms with Gasteiger partial charge in [-0.25, -0.2) is 17.2 Å². The van der Waals surface area contributed by atoms with Crippen LogP contribution in [0, 0.1) is 11.6 Å². The van der Waals surface area contributed by atoms with Crippen molar-refractivity contribution in [3.8, 4) is 0 Å². The van der Waals surface area contributed by atoms with Crippen LogP contribution in [0.25, 0.3) is 0 Å². The maximum atomic E-state index is 13.7. The molecule has 0 bridgehead atoms. The van der Waals surface area contributed by atoms with Crippen LogP contribution in [0.1, 0.15) is 29.1 Å². The van der Waals surface area contributed by atoms with Crippen molar-refractivity contribution in [3.63, 3.8) is 0 Å². The molecule has 1 aliphatic rings. The summed E-state index contributed by atoms with van der Waals surface area (Å²) in [5, 5.41) is 4.49. The fourth-order valence-electron chi connectivity index (χ4n) is 3.58. The van der Waals surface area contributed by atoms with Gasteiger partial charge < -0.3 is 4.42 Å². The molecule has 3 aromatic rings. The van der Waals surface area contributed by atoms with Crippen molar-refractivity contribution in [1.29, 1.82) is 0 Å². The Labute approximate surface area is 161 Å². The van der Waals surface area contributed by atoms with Crippen molar-refractivity contribution in [2.75, 3.05) is 0 Å². The fourth-order valence-corrected chi connectivity index (χ4v) is 4.96. The van der Waals surface area contributed by atoms with Crippen molar-refractivity contribution in [2.24, 2.45) is 7.05 Å². The van der Waals surface area contributed by atoms with Gasteiger partial charge in [-0.15, -0.1) is 0 Å². The second kappa shape index (κ2) is 7.14. The highest BCUT2D eigenvalue weighted by molar-refractivity contribution is 7.89. The number of aromatic nitrogens is 2. The normalized spacial score (nSPS) is 14.0. The van der Waals surface area contributed by atoms with E-state index < -0.39 is 21.7 Å². The molecule has 28 heavy (non-hydrogen) atoms. The number of nitrogens with zero attached hydrogens (tertiary/aromatic N) is 3. The first kappa shape index (κ1) is 18.8. The molecule has 0 saturated heterocycles. The molecule has 9 heteroatoms. The van der Waals surface area contributed by atoms with Crippen LogP contribution in [0.4, 0.5) is 8.78 Å². The lowest BCUT2D eigenvalue weighted by molar-refractivity contribution is 0.353. The molecular formula is C19H19F2N3O3S. The summed E-state index contributed by atoms with van der Waals surface area (Å²) in [6, 6.07) is 5.90. The highest BCUT2D eigenvalue weighted by atomic mass is 32.2. The monoisotopic (exact) mass is 407 g/mol. The minimum absolute atomic E-state index is 0.0190. The molecule has 148 valence electrons. The van der Waals surface area contributed by atoms with Gasteiger partial charge in [-0.3, -0.25) is 4.68 Å². The van der Waals surface area contributed by atoms with E-state index >= 15 is 0 Å². The Morgan fingerprint density at radius 2 is 2.00 bits per heavy atom. The number of aryl methyl sites for hydroxylation is 1. The van der Waals surface area contributed by atoms with Crippen molar-refractivity contribution in [3.05, 3.63) is 70.9 Å². The van der Waals surface area contributed by atoms with Gasteiger partial charge in [0.2, 0.25) is 10.0 Å². The Hall–Kier alpha value is -2.52. The molecule has 1 aliphatic carbocycles. The van der Waals surface area contributed by atoms with E-state index in [-0.39, 0.29) is 18.0 Å². The van der Waals surface area contributed by atoms with Crippen LogP contribution in [-0.2, 0) is 43.0 Å². The van der Waals surface area contributed by atoms with E-state index in [1.54, 1.807) is 16.8 Å². The summed E-state index contributed by atoms with van der Waals surface area (Å²) >= 11 is 0. The molecule has 0 aliphatic heterocycles. The van der Waals surface area contributed by atoms with E-state index in [2.05, 4.69) is 5.10 Å². The molecule has 0 N–H and O–H groups in total. The highest BCUT2D eigenvalue weighted by Gasteiger charge is 2.30. The molecule has 0 atom stereocenters. The van der Waals surface area contributed by atoms with Crippen LogP contribution in [0.2, 0.25) is 0 Å². The molecule has 0 fully saturated rings. The Kier molecular flexibility index (Phi) is 4.80. The average Bonchev–Trinajstić information content (AvgIpc) is 3.38. The van der Waals surface area contributed by atoms with Crippen LogP contribution in [0.15, 0.2) is 45.9 Å². The molecule has 2 aromatic heterocycles. The third-order valence-electron chi connectivity index (χ3n) is 4.97. The lowest BCUT2D eigenvalue weighted by Gasteiger charge is -2.21. The number of sulfonamides is 1. The maximum Gasteiger partial charge on any atom is 0.243 e. The van der Waals surface area contributed by atoms with Crippen molar-refractivity contribution >= 4 is 10.0 Å². The molecular weight excluding hydrogens is 388 g/mol. The first-order chi connectivity index (χ1) is 13.4. The second-order valence-corrected chi connectivity index (χ2v) is 8.72. The number of hydrogen-bond acceptors (Lipinski definition) is 4. The van der Waals surface area contributed by atoms with Gasteiger partial charge in [-0.1, -0.05) is 0 Å². The summed E-state index contributed by atoms with van der Waals surface area (Å²) < 4.78 is 61.6. The average molecular weight is 407 g/mol. The zero-order chi connectivity index (χ0) is 19.9. The maximum absolute atomic E-state index is 13.7. The van der Waals surface area contributed by atoms with Gasteiger partial charge in [-0.05, 0) is 55.2 Å². The van der Waals surface area contributed by atoms with Gasteiger partial charge in [0.05, 0.1) is 29.9 Å². The Bertz CT molecular complexity index is 1110. The quantitative estimate of drug-likeness (QED) is 0.630. The summed E-state index contributed by atoms with van der Waals surface area (Å²) in [5.74, 6) is -1.87. The number of benzene rings is 1. The lowest BCUT2D eigenvalue weighted by Crippen LogP contribution is -2.31. The van der Waals surface area contributed by atoms with Crippen molar-refractivity contribution in [1.82, 2.24) is 14.1 Å². The first-order valence-electron chi connectivity index (χ1n) is 8.87. The SMILES string of the molecule is Cn1nc(CN(Cc2ccco2)S(=O)(=O)c2ccc(F)c(F)c2)c2c1CCC2. The molecule has 0 spiro atoms. The van der Waals surface area contributed by atoms with E-state index in [1.165, 1.54) is 10.6 Å². The van der Waals surface area contributed by atoms with Crippen molar-refractivity contribution in [2.45, 2.75) is 37.2 Å². The third-order valence-corrected chi connectivity index (χ3v) is 6.75. The predicted octanol–water partition coefficient (Wildman–Crippen LogP) is 3.17. The van der Waals surface area contributed by atoms with E-state index in [9.17, 15) is 17.2 Å². The van der Waals surface area contributed by atoms with Crippen LogP contribution < -0.4 is 0 Å². The fraction of sp³-hybridized carbons (Fsp3) is 0.316. The van der Waals surface area contributed by atoms with Gasteiger partial charge in [0, 0.05) is 12.7 Å². The summed E-state index contributed by atoms with van der Waals surface area (Å²) in [6.45, 7) is -0.0229. The molecule has 1 aromatic carbocycles. The van der Waals surface area contributed by atoms with Gasteiger partial charge >= 0.3 is 0 Å². The zero-order valence-corrected chi connectivity index (χ0v) is 16.0. The van der Waals surface area contributed by atoms with Crippen LogP contribution in [-0.4, -0.2) is 22.5 Å². The van der Waals surface area contributed by atoms with Gasteiger partial charge in [0.25, 0.3) is 0 Å². The van der Waals surface area contributed by atoms with Crippen LogP contribution in [0.3, 0.4) is 0 Å². The smallest absolute Gasteiger partial charge is 0.243 e. The van der Waals surface area contributed by atoms with Gasteiger partial charge in [0.1, 0.15) is 5.76 Å². The number of fused-ring (bicyclic) bond motifs is 1. The summed E-state index contributed by atoms with van der Waals surface area (Å²) in [4.78, 5) is -0.314. The topological polar surface area (TPSA) is 68.3 Å². The molecule has 0 radical (unpaired) electrons. The lowest BCUT2D eigenvalue weighted by atomic mass is 10.2. The first-order valence-corrected chi connectivity index (χ1v) is 10.3. The molecule has 0 saturated carbocycles. The van der Waals surface area contributed by atoms with Crippen LogP contribution >= 0.6 is 0 Å². The van der Waals surface area contributed by atoms with E-state index in [4.69, 9.17) is 4.42 Å². The number of furan rings is 1. The summed E-state index contributed by atoms with van der Waals surface area (Å²) in [5.41, 5.74) is 2.85. The minimum atomic E-state index is -4.11. The predicted molar refractivity (Wildman–Crippen MR) is 96.7 cm³/mol. The minimum Gasteiger partial charge on any atom is -0.468 e. The van der Waals surface area contributed by atoms with Crippen molar-refractivity contribution < 1.29 is 21.6 Å². The molecule has 2 heterocycles. The molecule has 4 rings (SSSR count). The number of hydrogen-bond donors (Lipinski definition) is 0. The number of rotatable bonds is 6. The zero-order valence-electron chi connectivity index (χ0n) is 15.2. The Morgan fingerprint density at radius 1 is 1.18 bits per heavy atom. The molecule has 6 nitrogen and oxygen atoms in total. The highest BCUT2D eigenvalue weighted by Crippen LogP contribution is 2.28. The van der Waals surface area contributed by atoms with E-state index in [0.717, 1.165) is 42.7 Å². The molecule has 0 amide bonds. The molecule has 0 unspecified atom stereocenters. The van der Waals surface area contributed by atoms with Crippen LogP contribution in [0.5, 0.6) is 0 Å². The van der Waals surface area contributed by atoms with Gasteiger partial charge in [0.15, 0.2) is 11.6 Å². The van der Waals surface area contributed by atoms with Gasteiger partial charge in [-0.2, -0.15) is 9.40 Å². The Balaban J connectivity index is 1.73. The van der Waals surface area contributed by atoms with E-state index in [0.29, 0.717) is 17.5 Å². The third kappa shape index (κ3) is 3.35.